The van der Waals surface area contributed by atoms with E-state index in [4.69, 9.17) is 0 Å². The summed E-state index contributed by atoms with van der Waals surface area (Å²) in [6.45, 7) is 2.66. The minimum atomic E-state index is -3.54. The Hall–Kier alpha value is -2.16. The fourth-order valence-electron chi connectivity index (χ4n) is 2.98. The van der Waals surface area contributed by atoms with E-state index >= 15 is 0 Å². The smallest absolute Gasteiger partial charge is 0.242 e. The van der Waals surface area contributed by atoms with Gasteiger partial charge >= 0.3 is 0 Å². The Morgan fingerprint density at radius 1 is 1.17 bits per heavy atom. The lowest BCUT2D eigenvalue weighted by Gasteiger charge is -2.16. The van der Waals surface area contributed by atoms with Gasteiger partial charge < -0.3 is 0 Å². The molecule has 0 N–H and O–H groups in total. The van der Waals surface area contributed by atoms with Crippen molar-refractivity contribution in [3.63, 3.8) is 0 Å². The lowest BCUT2D eigenvalue weighted by atomic mass is 10.1. The maximum Gasteiger partial charge on any atom is 0.242 e. The molecular formula is C21H25N3O3S2. The fourth-order valence-corrected chi connectivity index (χ4v) is 4.96. The summed E-state index contributed by atoms with van der Waals surface area (Å²) in [4.78, 5) is 19.3. The highest BCUT2D eigenvalue weighted by atomic mass is 32.2. The number of hydrogen-bond acceptors (Lipinski definition) is 5. The van der Waals surface area contributed by atoms with Crippen molar-refractivity contribution in [1.82, 2.24) is 9.21 Å². The molecule has 154 valence electrons. The molecular weight excluding hydrogens is 406 g/mol. The van der Waals surface area contributed by atoms with Crippen LogP contribution in [0, 0.1) is 0 Å². The molecule has 2 aromatic rings. The number of sulfonamides is 1. The van der Waals surface area contributed by atoms with E-state index in [0.29, 0.717) is 30.2 Å². The van der Waals surface area contributed by atoms with Crippen LogP contribution in [-0.4, -0.2) is 54.6 Å². The van der Waals surface area contributed by atoms with Gasteiger partial charge in [0.05, 0.1) is 10.6 Å². The minimum Gasteiger partial charge on any atom is -0.290 e. The van der Waals surface area contributed by atoms with Gasteiger partial charge in [0.25, 0.3) is 0 Å². The van der Waals surface area contributed by atoms with Crippen molar-refractivity contribution in [2.45, 2.75) is 29.9 Å². The minimum absolute atomic E-state index is 0.0292. The molecule has 29 heavy (non-hydrogen) atoms. The summed E-state index contributed by atoms with van der Waals surface area (Å²) < 4.78 is 25.9. The van der Waals surface area contributed by atoms with E-state index in [9.17, 15) is 13.2 Å². The predicted octanol–water partition coefficient (Wildman–Crippen LogP) is 3.52. The lowest BCUT2D eigenvalue weighted by molar-refractivity contribution is -0.127. The van der Waals surface area contributed by atoms with Crippen LogP contribution >= 0.6 is 11.8 Å². The van der Waals surface area contributed by atoms with Crippen LogP contribution in [0.25, 0.3) is 0 Å². The standard InChI is InChI=1S/C21H25N3O3S2/c1-16-15-24(20(25)13-12-17-8-5-4-6-9-17)21(28-16)22-18-10-7-11-19(14-18)29(26,27)23(2)3/h4-11,14,16H,12-13,15H2,1-3H3. The molecule has 1 heterocycles. The number of amides is 1. The average molecular weight is 432 g/mol. The van der Waals surface area contributed by atoms with Gasteiger partial charge in [-0.1, -0.05) is 55.1 Å². The molecule has 1 fully saturated rings. The van der Waals surface area contributed by atoms with Gasteiger partial charge in [-0.05, 0) is 30.2 Å². The third kappa shape index (κ3) is 5.26. The molecule has 3 rings (SSSR count). The molecule has 1 aliphatic rings. The van der Waals surface area contributed by atoms with E-state index in [1.807, 2.05) is 30.3 Å². The van der Waals surface area contributed by atoms with Crippen LogP contribution in [0.4, 0.5) is 5.69 Å². The van der Waals surface area contributed by atoms with E-state index in [1.165, 1.54) is 30.2 Å². The first-order valence-electron chi connectivity index (χ1n) is 9.39. The zero-order valence-electron chi connectivity index (χ0n) is 16.8. The Morgan fingerprint density at radius 2 is 1.90 bits per heavy atom. The monoisotopic (exact) mass is 431 g/mol. The summed E-state index contributed by atoms with van der Waals surface area (Å²) in [6.07, 6.45) is 1.09. The molecule has 0 radical (unpaired) electrons. The average Bonchev–Trinajstić information content (AvgIpc) is 3.07. The second kappa shape index (κ2) is 9.11. The van der Waals surface area contributed by atoms with Gasteiger partial charge in [0.15, 0.2) is 5.17 Å². The summed E-state index contributed by atoms with van der Waals surface area (Å²) in [5, 5.41) is 0.859. The maximum absolute atomic E-state index is 12.8. The van der Waals surface area contributed by atoms with Crippen molar-refractivity contribution in [1.29, 1.82) is 0 Å². The number of thioether (sulfide) groups is 1. The Kier molecular flexibility index (Phi) is 6.77. The Balaban J connectivity index is 1.79. The van der Waals surface area contributed by atoms with Crippen LogP contribution in [0.2, 0.25) is 0 Å². The molecule has 1 aliphatic heterocycles. The summed E-state index contributed by atoms with van der Waals surface area (Å²) >= 11 is 1.53. The second-order valence-electron chi connectivity index (χ2n) is 7.10. The van der Waals surface area contributed by atoms with Crippen molar-refractivity contribution in [2.75, 3.05) is 20.6 Å². The molecule has 1 amide bonds. The zero-order valence-corrected chi connectivity index (χ0v) is 18.4. The molecule has 0 spiro atoms. The number of carbonyl (C=O) groups excluding carboxylic acids is 1. The molecule has 2 aromatic carbocycles. The largest absolute Gasteiger partial charge is 0.290 e. The number of rotatable bonds is 6. The van der Waals surface area contributed by atoms with Gasteiger partial charge in [0.1, 0.15) is 0 Å². The molecule has 1 unspecified atom stereocenters. The number of aliphatic imine (C=N–C) groups is 1. The van der Waals surface area contributed by atoms with Gasteiger partial charge in [0, 0.05) is 32.3 Å². The van der Waals surface area contributed by atoms with Crippen molar-refractivity contribution in [2.24, 2.45) is 4.99 Å². The zero-order chi connectivity index (χ0) is 21.0. The molecule has 0 aromatic heterocycles. The first kappa shape index (κ1) is 21.5. The summed E-state index contributed by atoms with van der Waals surface area (Å²) in [5.74, 6) is 0.0292. The van der Waals surface area contributed by atoms with Crippen LogP contribution in [-0.2, 0) is 21.2 Å². The van der Waals surface area contributed by atoms with Crippen molar-refractivity contribution in [3.8, 4) is 0 Å². The van der Waals surface area contributed by atoms with Crippen molar-refractivity contribution in [3.05, 3.63) is 60.2 Å². The van der Waals surface area contributed by atoms with E-state index in [1.54, 1.807) is 29.2 Å². The molecule has 0 aliphatic carbocycles. The molecule has 6 nitrogen and oxygen atoms in total. The van der Waals surface area contributed by atoms with Crippen LogP contribution in [0.3, 0.4) is 0 Å². The number of benzene rings is 2. The third-order valence-corrected chi connectivity index (χ3v) is 7.45. The van der Waals surface area contributed by atoms with E-state index in [2.05, 4.69) is 11.9 Å². The van der Waals surface area contributed by atoms with Gasteiger partial charge in [-0.25, -0.2) is 17.7 Å². The maximum atomic E-state index is 12.8. The van der Waals surface area contributed by atoms with E-state index in [0.717, 1.165) is 5.56 Å². The number of hydrogen-bond donors (Lipinski definition) is 0. The highest BCUT2D eigenvalue weighted by Gasteiger charge is 2.30. The second-order valence-corrected chi connectivity index (χ2v) is 10.7. The topological polar surface area (TPSA) is 70.0 Å². The summed E-state index contributed by atoms with van der Waals surface area (Å²) in [5.41, 5.74) is 1.64. The Morgan fingerprint density at radius 3 is 2.59 bits per heavy atom. The molecule has 1 atom stereocenters. The SMILES string of the molecule is CC1CN(C(=O)CCc2ccccc2)C(=Nc2cccc(S(=O)(=O)N(C)C)c2)S1. The summed E-state index contributed by atoms with van der Waals surface area (Å²) in [7, 11) is -0.545. The quantitative estimate of drug-likeness (QED) is 0.702. The number of carbonyl (C=O) groups is 1. The molecule has 0 saturated carbocycles. The number of amidine groups is 1. The van der Waals surface area contributed by atoms with Gasteiger partial charge in [-0.2, -0.15) is 0 Å². The lowest BCUT2D eigenvalue weighted by Crippen LogP contribution is -2.32. The predicted molar refractivity (Wildman–Crippen MR) is 118 cm³/mol. The van der Waals surface area contributed by atoms with Gasteiger partial charge in [-0.3, -0.25) is 9.69 Å². The fraction of sp³-hybridized carbons (Fsp3) is 0.333. The third-order valence-electron chi connectivity index (χ3n) is 4.57. The van der Waals surface area contributed by atoms with Crippen molar-refractivity contribution < 1.29 is 13.2 Å². The normalized spacial score (nSPS) is 18.6. The van der Waals surface area contributed by atoms with E-state index in [-0.39, 0.29) is 16.1 Å². The van der Waals surface area contributed by atoms with Gasteiger partial charge in [-0.15, -0.1) is 0 Å². The molecule has 8 heteroatoms. The van der Waals surface area contributed by atoms with Crippen LogP contribution in [0.1, 0.15) is 18.9 Å². The first-order valence-corrected chi connectivity index (χ1v) is 11.7. The highest BCUT2D eigenvalue weighted by Crippen LogP contribution is 2.30. The van der Waals surface area contributed by atoms with Crippen LogP contribution in [0.15, 0.2) is 64.5 Å². The first-order chi connectivity index (χ1) is 13.8. The summed E-state index contributed by atoms with van der Waals surface area (Å²) in [6, 6.07) is 16.4. The Bertz CT molecular complexity index is 1000. The molecule has 1 saturated heterocycles. The number of aryl methyl sites for hydroxylation is 1. The van der Waals surface area contributed by atoms with Gasteiger partial charge in [0.2, 0.25) is 15.9 Å². The number of nitrogens with zero attached hydrogens (tertiary/aromatic N) is 3. The Labute approximate surface area is 176 Å². The van der Waals surface area contributed by atoms with E-state index < -0.39 is 10.0 Å². The van der Waals surface area contributed by atoms with Crippen molar-refractivity contribution >= 4 is 38.5 Å². The highest BCUT2D eigenvalue weighted by molar-refractivity contribution is 8.14. The molecule has 0 bridgehead atoms. The van der Waals surface area contributed by atoms with Crippen LogP contribution in [0.5, 0.6) is 0 Å². The van der Waals surface area contributed by atoms with Crippen LogP contribution < -0.4 is 0 Å².